The SMILES string of the molecule is Cc1cc(NC(=O)C2(c3ccc4c(c3)OC(F)(F)O4)CC2)nc(-c2c[nH]c(=O)c(C)c2)c1. The van der Waals surface area contributed by atoms with Crippen molar-refractivity contribution in [1.82, 2.24) is 9.97 Å². The number of nitrogens with one attached hydrogen (secondary N) is 2. The van der Waals surface area contributed by atoms with Gasteiger partial charge in [0.15, 0.2) is 11.5 Å². The van der Waals surface area contributed by atoms with Crippen LogP contribution in [0.4, 0.5) is 14.6 Å². The normalized spacial score (nSPS) is 17.1. The van der Waals surface area contributed by atoms with Crippen molar-refractivity contribution in [2.45, 2.75) is 38.4 Å². The van der Waals surface area contributed by atoms with E-state index in [1.54, 1.807) is 31.3 Å². The molecule has 1 fully saturated rings. The number of pyridine rings is 2. The fourth-order valence-electron chi connectivity index (χ4n) is 3.88. The average molecular weight is 439 g/mol. The molecule has 1 aliphatic carbocycles. The third kappa shape index (κ3) is 3.49. The largest absolute Gasteiger partial charge is 0.586 e. The highest BCUT2D eigenvalue weighted by atomic mass is 19.3. The number of benzene rings is 1. The molecule has 7 nitrogen and oxygen atoms in total. The van der Waals surface area contributed by atoms with E-state index in [2.05, 4.69) is 24.8 Å². The Hall–Kier alpha value is -3.75. The Balaban J connectivity index is 1.41. The van der Waals surface area contributed by atoms with Crippen molar-refractivity contribution >= 4 is 11.7 Å². The van der Waals surface area contributed by atoms with E-state index in [0.29, 0.717) is 35.5 Å². The number of alkyl halides is 2. The van der Waals surface area contributed by atoms with E-state index in [0.717, 1.165) is 11.1 Å². The zero-order chi connectivity index (χ0) is 22.7. The molecule has 32 heavy (non-hydrogen) atoms. The number of halogens is 2. The van der Waals surface area contributed by atoms with Crippen LogP contribution in [0, 0.1) is 13.8 Å². The van der Waals surface area contributed by atoms with Crippen LogP contribution in [0.2, 0.25) is 0 Å². The fourth-order valence-corrected chi connectivity index (χ4v) is 3.88. The second-order valence-corrected chi connectivity index (χ2v) is 8.18. The smallest absolute Gasteiger partial charge is 0.395 e. The minimum atomic E-state index is -3.71. The molecule has 0 spiro atoms. The average Bonchev–Trinajstić information content (AvgIpc) is 3.47. The van der Waals surface area contributed by atoms with Gasteiger partial charge in [0, 0.05) is 17.3 Å². The zero-order valence-corrected chi connectivity index (χ0v) is 17.3. The summed E-state index contributed by atoms with van der Waals surface area (Å²) in [5.41, 5.74) is 2.34. The lowest BCUT2D eigenvalue weighted by Crippen LogP contribution is -2.28. The summed E-state index contributed by atoms with van der Waals surface area (Å²) < 4.78 is 35.6. The summed E-state index contributed by atoms with van der Waals surface area (Å²) in [6, 6.07) is 9.76. The fraction of sp³-hybridized carbons (Fsp3) is 0.261. The van der Waals surface area contributed by atoms with Gasteiger partial charge in [0.05, 0.1) is 11.1 Å². The molecule has 2 N–H and O–H groups in total. The van der Waals surface area contributed by atoms with E-state index in [4.69, 9.17) is 0 Å². The Bertz CT molecular complexity index is 1310. The number of ether oxygens (including phenoxy) is 2. The molecule has 3 heterocycles. The number of rotatable bonds is 4. The van der Waals surface area contributed by atoms with Crippen molar-refractivity contribution in [3.05, 3.63) is 69.6 Å². The number of anilines is 1. The van der Waals surface area contributed by atoms with Gasteiger partial charge in [-0.25, -0.2) is 4.98 Å². The van der Waals surface area contributed by atoms with E-state index in [1.165, 1.54) is 12.1 Å². The first-order chi connectivity index (χ1) is 15.1. The lowest BCUT2D eigenvalue weighted by molar-refractivity contribution is -0.286. The van der Waals surface area contributed by atoms with Crippen molar-refractivity contribution in [2.75, 3.05) is 5.32 Å². The number of fused-ring (bicyclic) bond motifs is 1. The van der Waals surface area contributed by atoms with Crippen LogP contribution >= 0.6 is 0 Å². The van der Waals surface area contributed by atoms with E-state index in [-0.39, 0.29) is 23.0 Å². The van der Waals surface area contributed by atoms with Crippen molar-refractivity contribution in [2.24, 2.45) is 0 Å². The summed E-state index contributed by atoms with van der Waals surface area (Å²) in [6.45, 7) is 3.59. The third-order valence-electron chi connectivity index (χ3n) is 5.73. The van der Waals surface area contributed by atoms with Crippen LogP contribution < -0.4 is 20.3 Å². The van der Waals surface area contributed by atoms with E-state index < -0.39 is 11.7 Å². The number of aromatic amines is 1. The van der Waals surface area contributed by atoms with E-state index in [1.807, 2.05) is 13.0 Å². The first-order valence-corrected chi connectivity index (χ1v) is 10.1. The number of aryl methyl sites for hydroxylation is 2. The van der Waals surface area contributed by atoms with Crippen LogP contribution in [0.25, 0.3) is 11.3 Å². The van der Waals surface area contributed by atoms with Crippen LogP contribution in [-0.2, 0) is 10.2 Å². The van der Waals surface area contributed by atoms with Gasteiger partial charge < -0.3 is 19.8 Å². The summed E-state index contributed by atoms with van der Waals surface area (Å²) in [5, 5.41) is 2.86. The van der Waals surface area contributed by atoms with Gasteiger partial charge in [-0.05, 0) is 68.1 Å². The lowest BCUT2D eigenvalue weighted by Gasteiger charge is -2.16. The first-order valence-electron chi connectivity index (χ1n) is 10.1. The van der Waals surface area contributed by atoms with Gasteiger partial charge in [0.1, 0.15) is 5.82 Å². The summed E-state index contributed by atoms with van der Waals surface area (Å²) in [4.78, 5) is 32.0. The van der Waals surface area contributed by atoms with Gasteiger partial charge in [-0.2, -0.15) is 0 Å². The second-order valence-electron chi connectivity index (χ2n) is 8.18. The summed E-state index contributed by atoms with van der Waals surface area (Å²) in [7, 11) is 0. The highest BCUT2D eigenvalue weighted by Gasteiger charge is 2.53. The highest BCUT2D eigenvalue weighted by molar-refractivity contribution is 6.01. The Kier molecular flexibility index (Phi) is 4.34. The maximum absolute atomic E-state index is 13.3. The van der Waals surface area contributed by atoms with Crippen LogP contribution in [-0.4, -0.2) is 22.2 Å². The van der Waals surface area contributed by atoms with Crippen molar-refractivity contribution < 1.29 is 23.0 Å². The summed E-state index contributed by atoms with van der Waals surface area (Å²) >= 11 is 0. The Morgan fingerprint density at radius 3 is 2.56 bits per heavy atom. The molecule has 2 aliphatic rings. The Morgan fingerprint density at radius 2 is 1.84 bits per heavy atom. The topological polar surface area (TPSA) is 93.3 Å². The minimum absolute atomic E-state index is 0.0591. The molecule has 0 saturated heterocycles. The zero-order valence-electron chi connectivity index (χ0n) is 17.3. The predicted molar refractivity (Wildman–Crippen MR) is 112 cm³/mol. The molecule has 1 amide bonds. The standard InChI is InChI=1S/C23H19F2N3O4/c1-12-7-16(14-9-13(2)20(29)26-11-14)27-19(8-12)28-21(30)22(5-6-22)15-3-4-17-18(10-15)32-23(24,25)31-17/h3-4,7-11H,5-6H2,1-2H3,(H,26,29)(H,27,28,30). The molecule has 1 aliphatic heterocycles. The molecule has 0 unspecified atom stereocenters. The van der Waals surface area contributed by atoms with Crippen LogP contribution in [0.1, 0.15) is 29.5 Å². The quantitative estimate of drug-likeness (QED) is 0.640. The minimum Gasteiger partial charge on any atom is -0.395 e. The van der Waals surface area contributed by atoms with Crippen molar-refractivity contribution in [1.29, 1.82) is 0 Å². The second kappa shape index (κ2) is 6.88. The third-order valence-corrected chi connectivity index (χ3v) is 5.73. The Labute approximate surface area is 181 Å². The van der Waals surface area contributed by atoms with Gasteiger partial charge in [-0.3, -0.25) is 9.59 Å². The highest BCUT2D eigenvalue weighted by Crippen LogP contribution is 2.52. The van der Waals surface area contributed by atoms with E-state index in [9.17, 15) is 18.4 Å². The molecular formula is C23H19F2N3O4. The number of nitrogens with zero attached hydrogens (tertiary/aromatic N) is 1. The molecule has 5 rings (SSSR count). The van der Waals surface area contributed by atoms with Gasteiger partial charge in [-0.15, -0.1) is 8.78 Å². The van der Waals surface area contributed by atoms with Gasteiger partial charge in [0.2, 0.25) is 5.91 Å². The summed E-state index contributed by atoms with van der Waals surface area (Å²) in [5.74, 6) is -0.0515. The number of amides is 1. The van der Waals surface area contributed by atoms with Crippen LogP contribution in [0.5, 0.6) is 11.5 Å². The van der Waals surface area contributed by atoms with Gasteiger partial charge in [-0.1, -0.05) is 6.07 Å². The lowest BCUT2D eigenvalue weighted by atomic mass is 9.94. The van der Waals surface area contributed by atoms with Crippen molar-refractivity contribution in [3.63, 3.8) is 0 Å². The van der Waals surface area contributed by atoms with Gasteiger partial charge in [0.25, 0.3) is 5.56 Å². The van der Waals surface area contributed by atoms with Gasteiger partial charge >= 0.3 is 6.29 Å². The molecule has 2 aromatic heterocycles. The first kappa shape index (κ1) is 20.2. The van der Waals surface area contributed by atoms with Crippen LogP contribution in [0.15, 0.2) is 47.4 Å². The molecule has 1 aromatic carbocycles. The number of hydrogen-bond donors (Lipinski definition) is 2. The molecule has 164 valence electrons. The number of H-pyrrole nitrogens is 1. The molecule has 3 aromatic rings. The molecular weight excluding hydrogens is 420 g/mol. The maximum atomic E-state index is 13.3. The molecule has 1 saturated carbocycles. The molecule has 0 radical (unpaired) electrons. The summed E-state index contributed by atoms with van der Waals surface area (Å²) in [6.07, 6.45) is -0.977. The maximum Gasteiger partial charge on any atom is 0.586 e. The number of carbonyl (C=O) groups is 1. The molecule has 0 bridgehead atoms. The Morgan fingerprint density at radius 1 is 1.09 bits per heavy atom. The monoisotopic (exact) mass is 439 g/mol. The number of aromatic nitrogens is 2. The molecule has 9 heteroatoms. The molecule has 0 atom stereocenters. The predicted octanol–water partition coefficient (Wildman–Crippen LogP) is 4.05. The number of carbonyl (C=O) groups excluding carboxylic acids is 1. The van der Waals surface area contributed by atoms with Crippen molar-refractivity contribution in [3.8, 4) is 22.8 Å². The van der Waals surface area contributed by atoms with Crippen LogP contribution in [0.3, 0.4) is 0 Å². The number of hydrogen-bond acceptors (Lipinski definition) is 5. The van der Waals surface area contributed by atoms with E-state index >= 15 is 0 Å².